The monoisotopic (exact) mass is 300 g/mol. The summed E-state index contributed by atoms with van der Waals surface area (Å²) in [5.74, 6) is -0.409. The molecule has 1 rings (SSSR count). The van der Waals surface area contributed by atoms with Crippen molar-refractivity contribution in [2.45, 2.75) is 19.9 Å². The van der Waals surface area contributed by atoms with Crippen LogP contribution in [-0.2, 0) is 14.8 Å². The third-order valence-corrected chi connectivity index (χ3v) is 4.14. The molecule has 0 atom stereocenters. The number of nitriles is 1. The minimum absolute atomic E-state index is 0.0338. The second-order valence-corrected chi connectivity index (χ2v) is 6.96. The Morgan fingerprint density at radius 1 is 1.30 bits per heavy atom. The van der Waals surface area contributed by atoms with Gasteiger partial charge in [-0.25, -0.2) is 8.42 Å². The highest BCUT2D eigenvalue weighted by Crippen LogP contribution is 2.08. The zero-order chi connectivity index (χ0) is 15.3. The van der Waals surface area contributed by atoms with E-state index < -0.39 is 15.9 Å². The molecular formula is C12H20N4O3S. The van der Waals surface area contributed by atoms with E-state index in [1.165, 1.54) is 16.8 Å². The zero-order valence-corrected chi connectivity index (χ0v) is 12.8. The maximum absolute atomic E-state index is 11.7. The molecule has 1 aliphatic rings. The van der Waals surface area contributed by atoms with Crippen LogP contribution >= 0.6 is 0 Å². The molecule has 0 radical (unpaired) electrons. The molecule has 0 unspecified atom stereocenters. The highest BCUT2D eigenvalue weighted by atomic mass is 32.2. The van der Waals surface area contributed by atoms with Crippen LogP contribution in [0.4, 0.5) is 0 Å². The Hall–Kier alpha value is -1.59. The molecule has 7 nitrogen and oxygen atoms in total. The van der Waals surface area contributed by atoms with E-state index in [2.05, 4.69) is 5.32 Å². The van der Waals surface area contributed by atoms with Crippen molar-refractivity contribution in [1.29, 1.82) is 5.26 Å². The topological polar surface area (TPSA) is 93.5 Å². The van der Waals surface area contributed by atoms with Gasteiger partial charge in [-0.05, 0) is 13.8 Å². The maximum atomic E-state index is 11.7. The SMILES string of the molecule is CC(C)NC(=O)/C(C#N)=C\N1CCN(S(C)(=O)=O)CC1. The summed E-state index contributed by atoms with van der Waals surface area (Å²) in [5, 5.41) is 11.7. The Morgan fingerprint density at radius 2 is 1.85 bits per heavy atom. The van der Waals surface area contributed by atoms with E-state index >= 15 is 0 Å². The average Bonchev–Trinajstić information content (AvgIpc) is 2.34. The van der Waals surface area contributed by atoms with E-state index in [9.17, 15) is 13.2 Å². The number of carbonyl (C=O) groups excluding carboxylic acids is 1. The zero-order valence-electron chi connectivity index (χ0n) is 12.0. The summed E-state index contributed by atoms with van der Waals surface area (Å²) in [6, 6.07) is 1.83. The predicted octanol–water partition coefficient (Wildman–Crippen LogP) is -0.504. The highest BCUT2D eigenvalue weighted by Gasteiger charge is 2.22. The van der Waals surface area contributed by atoms with Crippen LogP contribution in [0.1, 0.15) is 13.8 Å². The van der Waals surface area contributed by atoms with Crippen LogP contribution in [0.2, 0.25) is 0 Å². The van der Waals surface area contributed by atoms with E-state index in [1.807, 2.05) is 19.9 Å². The van der Waals surface area contributed by atoms with Crippen molar-refractivity contribution in [3.05, 3.63) is 11.8 Å². The number of nitrogens with zero attached hydrogens (tertiary/aromatic N) is 3. The second kappa shape index (κ2) is 6.72. The lowest BCUT2D eigenvalue weighted by Crippen LogP contribution is -2.46. The molecule has 0 aromatic rings. The molecule has 1 fully saturated rings. The van der Waals surface area contributed by atoms with Crippen LogP contribution in [0.5, 0.6) is 0 Å². The second-order valence-electron chi connectivity index (χ2n) is 4.98. The first kappa shape index (κ1) is 16.5. The summed E-state index contributed by atoms with van der Waals surface area (Å²) in [6.45, 7) is 5.29. The Kier molecular flexibility index (Phi) is 5.53. The fraction of sp³-hybridized carbons (Fsp3) is 0.667. The summed E-state index contributed by atoms with van der Waals surface area (Å²) < 4.78 is 24.1. The average molecular weight is 300 g/mol. The van der Waals surface area contributed by atoms with Gasteiger partial charge in [0.15, 0.2) is 0 Å². The van der Waals surface area contributed by atoms with Crippen molar-refractivity contribution < 1.29 is 13.2 Å². The van der Waals surface area contributed by atoms with E-state index in [4.69, 9.17) is 5.26 Å². The van der Waals surface area contributed by atoms with Crippen molar-refractivity contribution in [1.82, 2.24) is 14.5 Å². The van der Waals surface area contributed by atoms with E-state index in [-0.39, 0.29) is 11.6 Å². The van der Waals surface area contributed by atoms with Gasteiger partial charge in [0, 0.05) is 38.4 Å². The van der Waals surface area contributed by atoms with E-state index in [0.717, 1.165) is 0 Å². The minimum atomic E-state index is -3.17. The standard InChI is InChI=1S/C12H20N4O3S/c1-10(2)14-12(17)11(8-13)9-15-4-6-16(7-5-15)20(3,18)19/h9-10H,4-7H2,1-3H3,(H,14,17)/b11-9-. The lowest BCUT2D eigenvalue weighted by Gasteiger charge is -2.32. The summed E-state index contributed by atoms with van der Waals surface area (Å²) in [5.41, 5.74) is 0.0338. The molecule has 8 heteroatoms. The quantitative estimate of drug-likeness (QED) is 0.558. The van der Waals surface area contributed by atoms with Crippen LogP contribution in [-0.4, -0.2) is 62.0 Å². The molecule has 1 aliphatic heterocycles. The molecule has 0 aliphatic carbocycles. The summed E-state index contributed by atoms with van der Waals surface area (Å²) >= 11 is 0. The van der Waals surface area contributed by atoms with Gasteiger partial charge in [0.25, 0.3) is 5.91 Å². The molecular weight excluding hydrogens is 280 g/mol. The molecule has 0 saturated carbocycles. The molecule has 0 spiro atoms. The van der Waals surface area contributed by atoms with Crippen LogP contribution in [0, 0.1) is 11.3 Å². The van der Waals surface area contributed by atoms with Gasteiger partial charge in [0.05, 0.1) is 6.26 Å². The predicted molar refractivity (Wildman–Crippen MR) is 75.0 cm³/mol. The van der Waals surface area contributed by atoms with Gasteiger partial charge >= 0.3 is 0 Å². The Morgan fingerprint density at radius 3 is 2.25 bits per heavy atom. The highest BCUT2D eigenvalue weighted by molar-refractivity contribution is 7.88. The van der Waals surface area contributed by atoms with Crippen molar-refractivity contribution in [2.75, 3.05) is 32.4 Å². The molecule has 0 bridgehead atoms. The van der Waals surface area contributed by atoms with Gasteiger partial charge in [0.2, 0.25) is 10.0 Å². The number of hydrogen-bond acceptors (Lipinski definition) is 5. The van der Waals surface area contributed by atoms with E-state index in [1.54, 1.807) is 4.90 Å². The van der Waals surface area contributed by atoms with Crippen molar-refractivity contribution >= 4 is 15.9 Å². The first-order valence-corrected chi connectivity index (χ1v) is 8.21. The van der Waals surface area contributed by atoms with Gasteiger partial charge < -0.3 is 10.2 Å². The van der Waals surface area contributed by atoms with Gasteiger partial charge in [-0.15, -0.1) is 0 Å². The summed E-state index contributed by atoms with van der Waals surface area (Å²) in [7, 11) is -3.17. The molecule has 0 aromatic carbocycles. The molecule has 1 saturated heterocycles. The molecule has 1 amide bonds. The van der Waals surface area contributed by atoms with Gasteiger partial charge in [-0.1, -0.05) is 0 Å². The molecule has 1 N–H and O–H groups in total. The number of carbonyl (C=O) groups is 1. The number of amides is 1. The number of piperazine rings is 1. The molecule has 0 aromatic heterocycles. The maximum Gasteiger partial charge on any atom is 0.263 e. The smallest absolute Gasteiger partial charge is 0.263 e. The first-order chi connectivity index (χ1) is 9.24. The number of hydrogen-bond donors (Lipinski definition) is 1. The fourth-order valence-electron chi connectivity index (χ4n) is 1.83. The molecule has 112 valence electrons. The van der Waals surface area contributed by atoms with Crippen molar-refractivity contribution in [3.63, 3.8) is 0 Å². The van der Waals surface area contributed by atoms with Gasteiger partial charge in [-0.2, -0.15) is 9.57 Å². The lowest BCUT2D eigenvalue weighted by atomic mass is 10.2. The number of sulfonamides is 1. The molecule has 1 heterocycles. The number of rotatable bonds is 4. The normalized spacial score (nSPS) is 17.9. The largest absolute Gasteiger partial charge is 0.373 e. The van der Waals surface area contributed by atoms with Gasteiger partial charge in [0.1, 0.15) is 11.6 Å². The first-order valence-electron chi connectivity index (χ1n) is 6.36. The lowest BCUT2D eigenvalue weighted by molar-refractivity contribution is -0.117. The third-order valence-electron chi connectivity index (χ3n) is 2.84. The summed E-state index contributed by atoms with van der Waals surface area (Å²) in [6.07, 6.45) is 2.67. The molecule has 20 heavy (non-hydrogen) atoms. The fourth-order valence-corrected chi connectivity index (χ4v) is 2.65. The van der Waals surface area contributed by atoms with Crippen molar-refractivity contribution in [3.8, 4) is 6.07 Å². The Bertz CT molecular complexity index is 525. The van der Waals surface area contributed by atoms with Crippen LogP contribution in [0.25, 0.3) is 0 Å². The van der Waals surface area contributed by atoms with Crippen LogP contribution in [0.3, 0.4) is 0 Å². The number of nitrogens with one attached hydrogen (secondary N) is 1. The van der Waals surface area contributed by atoms with Gasteiger partial charge in [-0.3, -0.25) is 4.79 Å². The minimum Gasteiger partial charge on any atom is -0.373 e. The van der Waals surface area contributed by atoms with E-state index in [0.29, 0.717) is 26.2 Å². The van der Waals surface area contributed by atoms with Crippen LogP contribution < -0.4 is 5.32 Å². The Labute approximate surface area is 119 Å². The summed E-state index contributed by atoms with van der Waals surface area (Å²) in [4.78, 5) is 13.5. The Balaban J connectivity index is 2.67. The third kappa shape index (κ3) is 4.83. The van der Waals surface area contributed by atoms with Crippen molar-refractivity contribution in [2.24, 2.45) is 0 Å². The van der Waals surface area contributed by atoms with Crippen LogP contribution in [0.15, 0.2) is 11.8 Å².